The average Bonchev–Trinajstić information content (AvgIpc) is 2.99. The van der Waals surface area contributed by atoms with Crippen LogP contribution in [-0.4, -0.2) is 58.9 Å². The van der Waals surface area contributed by atoms with Gasteiger partial charge in [0, 0.05) is 33.6 Å². The van der Waals surface area contributed by atoms with Crippen LogP contribution in [0.25, 0.3) is 11.0 Å². The summed E-state index contributed by atoms with van der Waals surface area (Å²) < 4.78 is 1.83. The van der Waals surface area contributed by atoms with E-state index in [2.05, 4.69) is 60.3 Å². The lowest BCUT2D eigenvalue weighted by Crippen LogP contribution is -2.29. The second-order valence-corrected chi connectivity index (χ2v) is 6.68. The highest BCUT2D eigenvalue weighted by Crippen LogP contribution is 2.23. The van der Waals surface area contributed by atoms with Gasteiger partial charge in [-0.25, -0.2) is 9.97 Å². The fourth-order valence-electron chi connectivity index (χ4n) is 2.81. The Kier molecular flexibility index (Phi) is 5.28. The van der Waals surface area contributed by atoms with Gasteiger partial charge in [0.05, 0.1) is 11.6 Å². The number of nitrogens with zero attached hydrogens (tertiary/aromatic N) is 6. The first kappa shape index (κ1) is 17.4. The van der Waals surface area contributed by atoms with Gasteiger partial charge >= 0.3 is 0 Å². The summed E-state index contributed by atoms with van der Waals surface area (Å²) in [4.78, 5) is 14.0. The maximum absolute atomic E-state index is 4.85. The second-order valence-electron chi connectivity index (χ2n) is 6.68. The molecule has 6 heteroatoms. The molecule has 0 aliphatic carbocycles. The molecule has 0 radical (unpaired) electrons. The minimum atomic E-state index is 0.819. The fourth-order valence-corrected chi connectivity index (χ4v) is 2.81. The zero-order valence-corrected chi connectivity index (χ0v) is 15.5. The van der Waals surface area contributed by atoms with Crippen molar-refractivity contribution in [3.63, 3.8) is 0 Å². The SMILES string of the molecule is CN(C)CCN(C)c1nc(CCc2ccccc2)nc2c1cnn2C. The Morgan fingerprint density at radius 3 is 2.44 bits per heavy atom. The molecule has 6 nitrogen and oxygen atoms in total. The lowest BCUT2D eigenvalue weighted by atomic mass is 10.1. The van der Waals surface area contributed by atoms with Crippen LogP contribution in [0.15, 0.2) is 36.5 Å². The highest BCUT2D eigenvalue weighted by atomic mass is 15.3. The summed E-state index contributed by atoms with van der Waals surface area (Å²) >= 11 is 0. The number of rotatable bonds is 7. The standard InChI is InChI=1S/C19H26N6/c1-23(2)12-13-24(3)18-16-14-20-25(4)19(16)22-17(21-18)11-10-15-8-6-5-7-9-15/h5-9,14H,10-13H2,1-4H3. The van der Waals surface area contributed by atoms with E-state index in [9.17, 15) is 0 Å². The molecule has 3 aromatic rings. The molecular weight excluding hydrogens is 312 g/mol. The van der Waals surface area contributed by atoms with Gasteiger partial charge in [0.15, 0.2) is 5.65 Å². The fraction of sp³-hybridized carbons (Fsp3) is 0.421. The third-order valence-corrected chi connectivity index (χ3v) is 4.34. The van der Waals surface area contributed by atoms with Crippen molar-refractivity contribution in [2.45, 2.75) is 12.8 Å². The van der Waals surface area contributed by atoms with Crippen LogP contribution in [0.2, 0.25) is 0 Å². The summed E-state index contributed by atoms with van der Waals surface area (Å²) in [6.07, 6.45) is 3.61. The Hall–Kier alpha value is -2.47. The molecule has 0 N–H and O–H groups in total. The molecule has 0 saturated heterocycles. The average molecular weight is 338 g/mol. The van der Waals surface area contributed by atoms with E-state index in [4.69, 9.17) is 9.97 Å². The molecule has 2 heterocycles. The minimum absolute atomic E-state index is 0.819. The predicted octanol–water partition coefficient (Wildman–Crippen LogP) is 2.15. The third kappa shape index (κ3) is 4.14. The van der Waals surface area contributed by atoms with E-state index in [0.717, 1.165) is 48.6 Å². The normalized spacial score (nSPS) is 11.4. The van der Waals surface area contributed by atoms with E-state index in [-0.39, 0.29) is 0 Å². The molecule has 0 aliphatic heterocycles. The van der Waals surface area contributed by atoms with Gasteiger partial charge < -0.3 is 9.80 Å². The van der Waals surface area contributed by atoms with E-state index in [1.165, 1.54) is 5.56 Å². The maximum Gasteiger partial charge on any atom is 0.163 e. The van der Waals surface area contributed by atoms with Gasteiger partial charge in [-0.3, -0.25) is 4.68 Å². The van der Waals surface area contributed by atoms with E-state index in [1.807, 2.05) is 24.0 Å². The van der Waals surface area contributed by atoms with E-state index in [0.29, 0.717) is 0 Å². The van der Waals surface area contributed by atoms with E-state index >= 15 is 0 Å². The van der Waals surface area contributed by atoms with Gasteiger partial charge in [-0.15, -0.1) is 0 Å². The number of hydrogen-bond acceptors (Lipinski definition) is 5. The van der Waals surface area contributed by atoms with Crippen LogP contribution in [0.4, 0.5) is 5.82 Å². The molecule has 0 spiro atoms. The van der Waals surface area contributed by atoms with Crippen LogP contribution in [0.1, 0.15) is 11.4 Å². The number of benzene rings is 1. The van der Waals surface area contributed by atoms with Crippen LogP contribution in [-0.2, 0) is 19.9 Å². The molecule has 0 amide bonds. The van der Waals surface area contributed by atoms with Crippen molar-refractivity contribution in [3.8, 4) is 0 Å². The Morgan fingerprint density at radius 2 is 1.72 bits per heavy atom. The van der Waals surface area contributed by atoms with Crippen molar-refractivity contribution in [1.82, 2.24) is 24.6 Å². The topological polar surface area (TPSA) is 50.1 Å². The quantitative estimate of drug-likeness (QED) is 0.661. The maximum atomic E-state index is 4.85. The van der Waals surface area contributed by atoms with Crippen LogP contribution >= 0.6 is 0 Å². The Morgan fingerprint density at radius 1 is 0.960 bits per heavy atom. The van der Waals surface area contributed by atoms with Crippen LogP contribution < -0.4 is 4.90 Å². The lowest BCUT2D eigenvalue weighted by molar-refractivity contribution is 0.416. The number of fused-ring (bicyclic) bond motifs is 1. The molecule has 25 heavy (non-hydrogen) atoms. The first-order chi connectivity index (χ1) is 12.0. The second kappa shape index (κ2) is 7.61. The number of hydrogen-bond donors (Lipinski definition) is 0. The smallest absolute Gasteiger partial charge is 0.163 e. The molecule has 132 valence electrons. The minimum Gasteiger partial charge on any atom is -0.358 e. The number of likely N-dealkylation sites (N-methyl/N-ethyl adjacent to an activating group) is 2. The van der Waals surface area contributed by atoms with E-state index in [1.54, 1.807) is 0 Å². The van der Waals surface area contributed by atoms with Gasteiger partial charge in [-0.2, -0.15) is 5.10 Å². The van der Waals surface area contributed by atoms with Crippen molar-refractivity contribution in [2.75, 3.05) is 39.1 Å². The molecule has 2 aromatic heterocycles. The molecule has 3 rings (SSSR count). The van der Waals surface area contributed by atoms with Crippen molar-refractivity contribution in [1.29, 1.82) is 0 Å². The molecule has 0 saturated carbocycles. The monoisotopic (exact) mass is 338 g/mol. The molecular formula is C19H26N6. The summed E-state index contributed by atoms with van der Waals surface area (Å²) in [6.45, 7) is 1.88. The zero-order valence-electron chi connectivity index (χ0n) is 15.5. The molecule has 1 aromatic carbocycles. The largest absolute Gasteiger partial charge is 0.358 e. The number of aryl methyl sites for hydroxylation is 3. The van der Waals surface area contributed by atoms with Crippen molar-refractivity contribution in [2.24, 2.45) is 7.05 Å². The van der Waals surface area contributed by atoms with Gasteiger partial charge in [0.2, 0.25) is 0 Å². The summed E-state index contributed by atoms with van der Waals surface area (Å²) in [7, 11) is 8.18. The molecule has 0 fully saturated rings. The van der Waals surface area contributed by atoms with Gasteiger partial charge in [0.25, 0.3) is 0 Å². The predicted molar refractivity (Wildman–Crippen MR) is 102 cm³/mol. The summed E-state index contributed by atoms with van der Waals surface area (Å²) in [6, 6.07) is 10.5. The Bertz CT molecular complexity index is 825. The van der Waals surface area contributed by atoms with Crippen LogP contribution in [0.3, 0.4) is 0 Å². The number of aromatic nitrogens is 4. The van der Waals surface area contributed by atoms with Gasteiger partial charge in [-0.05, 0) is 26.1 Å². The first-order valence-electron chi connectivity index (χ1n) is 8.63. The van der Waals surface area contributed by atoms with Gasteiger partial charge in [0.1, 0.15) is 11.6 Å². The summed E-state index contributed by atoms with van der Waals surface area (Å²) in [5.41, 5.74) is 2.20. The summed E-state index contributed by atoms with van der Waals surface area (Å²) in [5.74, 6) is 1.83. The lowest BCUT2D eigenvalue weighted by Gasteiger charge is -2.21. The zero-order chi connectivity index (χ0) is 17.8. The van der Waals surface area contributed by atoms with Crippen molar-refractivity contribution in [3.05, 3.63) is 47.9 Å². The van der Waals surface area contributed by atoms with Gasteiger partial charge in [-0.1, -0.05) is 30.3 Å². The highest BCUT2D eigenvalue weighted by molar-refractivity contribution is 5.86. The molecule has 0 atom stereocenters. The number of anilines is 1. The van der Waals surface area contributed by atoms with Crippen LogP contribution in [0, 0.1) is 0 Å². The van der Waals surface area contributed by atoms with Crippen LogP contribution in [0.5, 0.6) is 0 Å². The van der Waals surface area contributed by atoms with E-state index < -0.39 is 0 Å². The molecule has 0 unspecified atom stereocenters. The van der Waals surface area contributed by atoms with Crippen molar-refractivity contribution < 1.29 is 0 Å². The first-order valence-corrected chi connectivity index (χ1v) is 8.63. The highest BCUT2D eigenvalue weighted by Gasteiger charge is 2.15. The Balaban J connectivity index is 1.87. The molecule has 0 aliphatic rings. The Labute approximate surface area is 149 Å². The molecule has 0 bridgehead atoms. The van der Waals surface area contributed by atoms with Crippen molar-refractivity contribution >= 4 is 16.9 Å². The summed E-state index contributed by atoms with van der Waals surface area (Å²) in [5, 5.41) is 5.38. The third-order valence-electron chi connectivity index (χ3n) is 4.34.